The first-order valence-corrected chi connectivity index (χ1v) is 13.1. The van der Waals surface area contributed by atoms with Gasteiger partial charge >= 0.3 is 0 Å². The van der Waals surface area contributed by atoms with Crippen LogP contribution in [0.3, 0.4) is 0 Å². The molecule has 0 saturated heterocycles. The van der Waals surface area contributed by atoms with Crippen LogP contribution in [0.4, 0.5) is 0 Å². The van der Waals surface area contributed by atoms with Gasteiger partial charge in [0.15, 0.2) is 7.95 Å². The maximum Gasteiger partial charge on any atom is 0.169 e. The molecule has 27 heavy (non-hydrogen) atoms. The Labute approximate surface area is 170 Å². The molecule has 0 atom stereocenters. The molecule has 0 amide bonds. The van der Waals surface area contributed by atoms with Gasteiger partial charge in [-0.15, -0.1) is 11.2 Å². The lowest BCUT2D eigenvalue weighted by atomic mass is 10.1. The fraction of sp³-hybridized carbons (Fsp3) is 0.280. The second-order valence-electron chi connectivity index (χ2n) is 7.89. The molecule has 3 aromatic rings. The highest BCUT2D eigenvalue weighted by Gasteiger charge is 2.26. The van der Waals surface area contributed by atoms with E-state index in [2.05, 4.69) is 108 Å². The van der Waals surface area contributed by atoms with Crippen LogP contribution in [0.2, 0.25) is 0 Å². The summed E-state index contributed by atoms with van der Waals surface area (Å²) in [5.41, 5.74) is 9.90. The van der Waals surface area contributed by atoms with Crippen molar-refractivity contribution in [2.45, 2.75) is 53.4 Å². The average Bonchev–Trinajstić information content (AvgIpc) is 2.54. The second kappa shape index (κ2) is 8.08. The van der Waals surface area contributed by atoms with Gasteiger partial charge in [0.1, 0.15) is 0 Å². The Kier molecular flexibility index (Phi) is 5.98. The van der Waals surface area contributed by atoms with Crippen molar-refractivity contribution in [1.82, 2.24) is 0 Å². The topological polar surface area (TPSA) is 0 Å². The second-order valence-corrected chi connectivity index (χ2v) is 12.6. The molecule has 0 bridgehead atoms. The van der Waals surface area contributed by atoms with Crippen LogP contribution >= 0.6 is 11.2 Å². The number of aryl methyl sites for hydroxylation is 7. The van der Waals surface area contributed by atoms with Crippen molar-refractivity contribution in [1.29, 1.82) is 0 Å². The Morgan fingerprint density at radius 1 is 0.556 bits per heavy atom. The van der Waals surface area contributed by atoms with Crippen LogP contribution < -0.4 is 10.4 Å². The van der Waals surface area contributed by atoms with Crippen LogP contribution in [-0.4, -0.2) is 7.95 Å². The number of benzene rings is 3. The molecule has 0 N–H and O–H groups in total. The summed E-state index contributed by atoms with van der Waals surface area (Å²) < 4.78 is 0. The Hall–Kier alpha value is -1.77. The molecule has 0 fully saturated rings. The summed E-state index contributed by atoms with van der Waals surface area (Å²) in [7, 11) is -1.49. The summed E-state index contributed by atoms with van der Waals surface area (Å²) in [5.74, 6) is 0. The first-order chi connectivity index (χ1) is 12.8. The van der Waals surface area contributed by atoms with E-state index in [1.807, 2.05) is 0 Å². The van der Waals surface area contributed by atoms with Crippen molar-refractivity contribution in [3.63, 3.8) is 0 Å². The summed E-state index contributed by atoms with van der Waals surface area (Å²) in [6, 6.07) is 18.3. The van der Waals surface area contributed by atoms with Crippen molar-refractivity contribution in [2.75, 3.05) is 0 Å². The molecule has 0 heterocycles. The van der Waals surface area contributed by atoms with E-state index in [0.717, 1.165) is 0 Å². The van der Waals surface area contributed by atoms with E-state index in [4.69, 9.17) is 0 Å². The van der Waals surface area contributed by atoms with Gasteiger partial charge in [0, 0.05) is 4.90 Å². The van der Waals surface area contributed by atoms with Crippen molar-refractivity contribution in [3.05, 3.63) is 87.5 Å². The zero-order valence-corrected chi connectivity index (χ0v) is 19.6. The van der Waals surface area contributed by atoms with Gasteiger partial charge in [-0.2, -0.15) is 0 Å². The van der Waals surface area contributed by atoms with Gasteiger partial charge in [0.25, 0.3) is 0 Å². The lowest BCUT2D eigenvalue weighted by Crippen LogP contribution is -2.45. The molecular weight excluding hydrogens is 360 g/mol. The Morgan fingerprint density at radius 2 is 0.963 bits per heavy atom. The minimum absolute atomic E-state index is 1.36. The Balaban J connectivity index is 2.24. The molecule has 2 heteroatoms. The van der Waals surface area contributed by atoms with Crippen molar-refractivity contribution < 1.29 is 0 Å². The fourth-order valence-electron chi connectivity index (χ4n) is 4.29. The maximum atomic E-state index is 2.36. The molecule has 0 spiro atoms. The molecule has 140 valence electrons. The van der Waals surface area contributed by atoms with E-state index in [1.54, 1.807) is 10.4 Å². The third kappa shape index (κ3) is 4.22. The average molecular weight is 391 g/mol. The van der Waals surface area contributed by atoms with E-state index in [-0.39, 0.29) is 0 Å². The molecule has 3 rings (SSSR count). The minimum Gasteiger partial charge on any atom is -0.144 e. The van der Waals surface area contributed by atoms with Gasteiger partial charge in [-0.1, -0.05) is 75.8 Å². The highest BCUT2D eigenvalue weighted by atomic mass is 32.4. The Bertz CT molecular complexity index is 884. The standard InChI is InChI=1S/C25H30SSi/c1-16-12-19(4)24(20(5)13-16)27(26-23-11-9-8-10-18(23)3)25-21(6)14-17(2)15-22(25)7/h8-15,27H,1-7H3. The van der Waals surface area contributed by atoms with Crippen molar-refractivity contribution in [3.8, 4) is 0 Å². The first-order valence-electron chi connectivity index (χ1n) is 9.65. The molecule has 3 aromatic carbocycles. The lowest BCUT2D eigenvalue weighted by Gasteiger charge is -2.25. The quantitative estimate of drug-likeness (QED) is 0.532. The maximum absolute atomic E-state index is 2.36. The minimum atomic E-state index is -1.49. The number of hydrogen-bond donors (Lipinski definition) is 0. The lowest BCUT2D eigenvalue weighted by molar-refractivity contribution is 1.31. The van der Waals surface area contributed by atoms with E-state index < -0.39 is 7.95 Å². The van der Waals surface area contributed by atoms with Crippen LogP contribution in [0.15, 0.2) is 53.4 Å². The van der Waals surface area contributed by atoms with Crippen molar-refractivity contribution in [2.24, 2.45) is 0 Å². The fourth-order valence-corrected chi connectivity index (χ4v) is 12.0. The van der Waals surface area contributed by atoms with Crippen LogP contribution in [0.5, 0.6) is 0 Å². The summed E-state index contributed by atoms with van der Waals surface area (Å²) >= 11 is 2.13. The van der Waals surface area contributed by atoms with Crippen LogP contribution in [0.1, 0.15) is 38.9 Å². The van der Waals surface area contributed by atoms with Gasteiger partial charge < -0.3 is 0 Å². The largest absolute Gasteiger partial charge is 0.169 e. The zero-order valence-electron chi connectivity index (χ0n) is 17.6. The number of hydrogen-bond acceptors (Lipinski definition) is 1. The Morgan fingerprint density at radius 3 is 1.37 bits per heavy atom. The summed E-state index contributed by atoms with van der Waals surface area (Å²) in [6.45, 7) is 15.8. The molecule has 0 saturated carbocycles. The molecule has 0 aromatic heterocycles. The molecule has 0 aliphatic heterocycles. The molecular formula is C25H30SSi. The number of rotatable bonds is 4. The molecule has 0 unspecified atom stereocenters. The van der Waals surface area contributed by atoms with E-state index >= 15 is 0 Å². The first kappa shape index (κ1) is 20.0. The zero-order chi connectivity index (χ0) is 19.7. The monoisotopic (exact) mass is 390 g/mol. The van der Waals surface area contributed by atoms with Crippen LogP contribution in [0.25, 0.3) is 0 Å². The van der Waals surface area contributed by atoms with Gasteiger partial charge in [-0.3, -0.25) is 0 Å². The third-order valence-corrected chi connectivity index (χ3v) is 12.0. The SMILES string of the molecule is Cc1cc(C)c([SiH](Sc2ccccc2C)c2c(C)cc(C)cc2C)c(C)c1. The predicted octanol–water partition coefficient (Wildman–Crippen LogP) is 5.48. The highest BCUT2D eigenvalue weighted by Crippen LogP contribution is 2.27. The van der Waals surface area contributed by atoms with Crippen LogP contribution in [-0.2, 0) is 0 Å². The molecule has 0 aliphatic carbocycles. The third-order valence-electron chi connectivity index (χ3n) is 5.34. The molecule has 0 aliphatic rings. The summed E-state index contributed by atoms with van der Waals surface area (Å²) in [6.07, 6.45) is 0. The van der Waals surface area contributed by atoms with Gasteiger partial charge in [0.05, 0.1) is 0 Å². The summed E-state index contributed by atoms with van der Waals surface area (Å²) in [4.78, 5) is 1.42. The molecule has 0 radical (unpaired) electrons. The highest BCUT2D eigenvalue weighted by molar-refractivity contribution is 8.28. The van der Waals surface area contributed by atoms with E-state index in [9.17, 15) is 0 Å². The normalized spacial score (nSPS) is 11.3. The van der Waals surface area contributed by atoms with Gasteiger partial charge in [0.2, 0.25) is 0 Å². The van der Waals surface area contributed by atoms with Gasteiger partial charge in [-0.05, 0) is 70.5 Å². The predicted molar refractivity (Wildman–Crippen MR) is 125 cm³/mol. The van der Waals surface area contributed by atoms with Crippen LogP contribution in [0, 0.1) is 48.5 Å². The smallest absolute Gasteiger partial charge is 0.144 e. The van der Waals surface area contributed by atoms with Gasteiger partial charge in [-0.25, -0.2) is 0 Å². The van der Waals surface area contributed by atoms with E-state index in [0.29, 0.717) is 0 Å². The molecule has 0 nitrogen and oxygen atoms in total. The van der Waals surface area contributed by atoms with E-state index in [1.165, 1.54) is 43.8 Å². The van der Waals surface area contributed by atoms with Crippen molar-refractivity contribution >= 4 is 29.5 Å². The summed E-state index contributed by atoms with van der Waals surface area (Å²) in [5, 5.41) is 3.20.